The van der Waals surface area contributed by atoms with Crippen molar-refractivity contribution in [1.29, 1.82) is 0 Å². The van der Waals surface area contributed by atoms with Gasteiger partial charge in [0.25, 0.3) is 0 Å². The molecule has 0 aliphatic rings. The van der Waals surface area contributed by atoms with Gasteiger partial charge in [0, 0.05) is 25.1 Å². The second kappa shape index (κ2) is 9.07. The highest BCUT2D eigenvalue weighted by Crippen LogP contribution is 2.32. The molecule has 0 aliphatic heterocycles. The number of carbonyl (C=O) groups is 1. The molecule has 0 aliphatic carbocycles. The Hall–Kier alpha value is -4.28. The minimum atomic E-state index is -0.569. The predicted molar refractivity (Wildman–Crippen MR) is 125 cm³/mol. The lowest BCUT2D eigenvalue weighted by molar-refractivity contribution is 0.160. The number of amides is 1. The van der Waals surface area contributed by atoms with Crippen LogP contribution in [0.4, 0.5) is 22.1 Å². The lowest BCUT2D eigenvalue weighted by Gasteiger charge is -2.22. The predicted octanol–water partition coefficient (Wildman–Crippen LogP) is 2.79. The van der Waals surface area contributed by atoms with Gasteiger partial charge in [-0.05, 0) is 44.0 Å². The first-order chi connectivity index (χ1) is 15.9. The molecular formula is C22H25N9O2. The van der Waals surface area contributed by atoms with Gasteiger partial charge in [0.15, 0.2) is 23.1 Å². The first kappa shape index (κ1) is 21.9. The third kappa shape index (κ3) is 4.25. The molecule has 4 aromatic heterocycles. The Labute approximate surface area is 190 Å². The summed E-state index contributed by atoms with van der Waals surface area (Å²) in [5.41, 5.74) is 15.9. The molecule has 0 bridgehead atoms. The summed E-state index contributed by atoms with van der Waals surface area (Å²) in [6.45, 7) is 6.48. The molecule has 11 heteroatoms. The lowest BCUT2D eigenvalue weighted by atomic mass is 10.2. The van der Waals surface area contributed by atoms with Crippen molar-refractivity contribution in [1.82, 2.24) is 29.7 Å². The van der Waals surface area contributed by atoms with Crippen molar-refractivity contribution in [3.8, 4) is 11.5 Å². The Bertz CT molecular complexity index is 1300. The Kier molecular flexibility index (Phi) is 6.03. The van der Waals surface area contributed by atoms with E-state index in [0.717, 1.165) is 16.5 Å². The quantitative estimate of drug-likeness (QED) is 0.454. The summed E-state index contributed by atoms with van der Waals surface area (Å²) in [4.78, 5) is 31.2. The molecule has 4 N–H and O–H groups in total. The van der Waals surface area contributed by atoms with Crippen molar-refractivity contribution in [3.05, 3.63) is 47.9 Å². The van der Waals surface area contributed by atoms with Gasteiger partial charge in [-0.25, -0.2) is 24.4 Å². The highest BCUT2D eigenvalue weighted by Gasteiger charge is 2.25. The summed E-state index contributed by atoms with van der Waals surface area (Å²) in [5, 5.41) is 5.46. The summed E-state index contributed by atoms with van der Waals surface area (Å²) in [5.74, 6) is 0.358. The normalized spacial score (nSPS) is 11.0. The molecule has 0 unspecified atom stereocenters. The zero-order chi connectivity index (χ0) is 23.5. The number of nitrogens with two attached hydrogens (primary N) is 2. The van der Waals surface area contributed by atoms with E-state index in [1.165, 1.54) is 4.90 Å². The van der Waals surface area contributed by atoms with Crippen LogP contribution in [0.3, 0.4) is 0 Å². The molecule has 4 rings (SSSR count). The van der Waals surface area contributed by atoms with Gasteiger partial charge in [-0.1, -0.05) is 6.07 Å². The van der Waals surface area contributed by atoms with E-state index < -0.39 is 6.09 Å². The zero-order valence-corrected chi connectivity index (χ0v) is 18.7. The van der Waals surface area contributed by atoms with Gasteiger partial charge in [-0.15, -0.1) is 0 Å². The summed E-state index contributed by atoms with van der Waals surface area (Å²) >= 11 is 0. The number of nitrogens with zero attached hydrogens (tertiary/aromatic N) is 7. The first-order valence-corrected chi connectivity index (χ1v) is 10.5. The van der Waals surface area contributed by atoms with Gasteiger partial charge >= 0.3 is 6.09 Å². The Morgan fingerprint density at radius 2 is 1.94 bits per heavy atom. The van der Waals surface area contributed by atoms with Crippen LogP contribution in [0.25, 0.3) is 22.6 Å². The fourth-order valence-electron chi connectivity index (χ4n) is 3.61. The molecule has 0 spiro atoms. The van der Waals surface area contributed by atoms with Crippen LogP contribution in [0.2, 0.25) is 0 Å². The number of carbonyl (C=O) groups excluding carboxylic acids is 1. The molecule has 0 radical (unpaired) electrons. The molecule has 0 saturated heterocycles. The number of hydrogen-bond donors (Lipinski definition) is 2. The third-order valence-electron chi connectivity index (χ3n) is 5.00. The van der Waals surface area contributed by atoms with Crippen LogP contribution in [0.5, 0.6) is 0 Å². The van der Waals surface area contributed by atoms with E-state index in [1.54, 1.807) is 37.1 Å². The summed E-state index contributed by atoms with van der Waals surface area (Å²) in [6.07, 6.45) is 4.72. The van der Waals surface area contributed by atoms with Crippen LogP contribution in [0.1, 0.15) is 25.0 Å². The Morgan fingerprint density at radius 1 is 1.18 bits per heavy atom. The van der Waals surface area contributed by atoms with E-state index in [1.807, 2.05) is 25.1 Å². The van der Waals surface area contributed by atoms with Crippen LogP contribution in [0, 0.1) is 6.92 Å². The van der Waals surface area contributed by atoms with E-state index in [4.69, 9.17) is 21.3 Å². The van der Waals surface area contributed by atoms with Crippen LogP contribution in [0.15, 0.2) is 36.8 Å². The molecule has 0 atom stereocenters. The van der Waals surface area contributed by atoms with E-state index in [-0.39, 0.29) is 29.8 Å². The van der Waals surface area contributed by atoms with E-state index >= 15 is 0 Å². The van der Waals surface area contributed by atoms with Crippen molar-refractivity contribution in [2.75, 3.05) is 29.5 Å². The number of hydrogen-bond acceptors (Lipinski definition) is 9. The maximum atomic E-state index is 12.3. The van der Waals surface area contributed by atoms with Crippen LogP contribution >= 0.6 is 0 Å². The van der Waals surface area contributed by atoms with E-state index in [9.17, 15) is 4.79 Å². The van der Waals surface area contributed by atoms with Crippen LogP contribution < -0.4 is 16.4 Å². The average Bonchev–Trinajstić information content (AvgIpc) is 3.15. The van der Waals surface area contributed by atoms with Gasteiger partial charge in [0.05, 0.1) is 18.5 Å². The SMILES string of the molecule is CCOC(=O)N(CC)c1c(N)nc(-c2nn(Cc3cncc(C)c3)c3ncccc23)nc1N. The monoisotopic (exact) mass is 447 g/mol. The highest BCUT2D eigenvalue weighted by atomic mass is 16.6. The smallest absolute Gasteiger partial charge is 0.414 e. The summed E-state index contributed by atoms with van der Waals surface area (Å²) < 4.78 is 6.86. The Balaban J connectivity index is 1.79. The lowest BCUT2D eigenvalue weighted by Crippen LogP contribution is -2.33. The number of nitrogen functional groups attached to an aromatic ring is 2. The van der Waals surface area contributed by atoms with Crippen molar-refractivity contribution in [3.63, 3.8) is 0 Å². The number of rotatable bonds is 6. The third-order valence-corrected chi connectivity index (χ3v) is 5.00. The standard InChI is InChI=1S/C22H25N9O2/c1-4-30(22(32)33-5-2)17-18(23)27-20(28-19(17)24)16-15-7-6-8-26-21(15)31(29-16)12-14-9-13(3)10-25-11-14/h6-11H,4-5,12H2,1-3H3,(H4,23,24,27,28). The Morgan fingerprint density at radius 3 is 2.61 bits per heavy atom. The molecule has 4 aromatic rings. The van der Waals surface area contributed by atoms with Crippen molar-refractivity contribution >= 4 is 34.4 Å². The number of aryl methyl sites for hydroxylation is 1. The molecule has 0 saturated carbocycles. The fourth-order valence-corrected chi connectivity index (χ4v) is 3.61. The molecule has 33 heavy (non-hydrogen) atoms. The summed E-state index contributed by atoms with van der Waals surface area (Å²) in [6, 6.07) is 5.74. The number of anilines is 3. The van der Waals surface area contributed by atoms with Gasteiger partial charge in [-0.2, -0.15) is 5.10 Å². The largest absolute Gasteiger partial charge is 0.449 e. The zero-order valence-electron chi connectivity index (χ0n) is 18.7. The molecule has 0 aromatic carbocycles. The number of aromatic nitrogens is 6. The topological polar surface area (TPSA) is 151 Å². The molecular weight excluding hydrogens is 422 g/mol. The minimum absolute atomic E-state index is 0.0573. The van der Waals surface area contributed by atoms with Crippen molar-refractivity contribution < 1.29 is 9.53 Å². The van der Waals surface area contributed by atoms with E-state index in [2.05, 4.69) is 19.9 Å². The maximum absolute atomic E-state index is 12.3. The second-order valence-electron chi connectivity index (χ2n) is 7.36. The van der Waals surface area contributed by atoms with Crippen molar-refractivity contribution in [2.45, 2.75) is 27.3 Å². The fraction of sp³-hybridized carbons (Fsp3) is 0.273. The maximum Gasteiger partial charge on any atom is 0.414 e. The molecule has 4 heterocycles. The molecule has 1 amide bonds. The van der Waals surface area contributed by atoms with Gasteiger partial charge in [-0.3, -0.25) is 9.88 Å². The number of pyridine rings is 2. The van der Waals surface area contributed by atoms with Crippen LogP contribution in [-0.2, 0) is 11.3 Å². The molecule has 170 valence electrons. The van der Waals surface area contributed by atoms with Crippen LogP contribution in [-0.4, -0.2) is 49.0 Å². The minimum Gasteiger partial charge on any atom is -0.449 e. The van der Waals surface area contributed by atoms with E-state index in [0.29, 0.717) is 24.4 Å². The molecule has 11 nitrogen and oxygen atoms in total. The number of fused-ring (bicyclic) bond motifs is 1. The van der Waals surface area contributed by atoms with Crippen molar-refractivity contribution in [2.24, 2.45) is 0 Å². The average molecular weight is 448 g/mol. The van der Waals surface area contributed by atoms with Gasteiger partial charge in [0.1, 0.15) is 11.4 Å². The second-order valence-corrected chi connectivity index (χ2v) is 7.36. The number of ether oxygens (including phenoxy) is 1. The van der Waals surface area contributed by atoms with Gasteiger partial charge < -0.3 is 16.2 Å². The van der Waals surface area contributed by atoms with Gasteiger partial charge in [0.2, 0.25) is 0 Å². The highest BCUT2D eigenvalue weighted by molar-refractivity contribution is 5.96. The molecule has 0 fully saturated rings. The first-order valence-electron chi connectivity index (χ1n) is 10.5. The summed E-state index contributed by atoms with van der Waals surface area (Å²) in [7, 11) is 0.